The number of allylic oxidation sites excluding steroid dienone is 2. The molecule has 0 saturated heterocycles. The Hall–Kier alpha value is -1.60. The van der Waals surface area contributed by atoms with E-state index in [1.165, 1.54) is 64.2 Å². The van der Waals surface area contributed by atoms with E-state index >= 15 is 0 Å². The summed E-state index contributed by atoms with van der Waals surface area (Å²) in [5.74, 6) is -1.89. The number of H-pyrrole nitrogens is 1. The first-order chi connectivity index (χ1) is 17.0. The fraction of sp³-hybridized carbons (Fsp3) is 0.586. The molecule has 0 amide bonds. The maximum Gasteiger partial charge on any atom is 1.00 e. The molecule has 0 saturated carbocycles. The van der Waals surface area contributed by atoms with Crippen LogP contribution in [0.5, 0.6) is 0 Å². The minimum absolute atomic E-state index is 0. The zero-order valence-corrected chi connectivity index (χ0v) is 24.5. The molecule has 1 unspecified atom stereocenters. The number of aliphatic carboxylic acids is 2. The molecule has 0 aliphatic carbocycles. The predicted molar refractivity (Wildman–Crippen MR) is 142 cm³/mol. The number of unbranched alkanes of at least 4 members (excludes halogenated alkanes) is 11. The topological polar surface area (TPSA) is 119 Å². The van der Waals surface area contributed by atoms with Crippen LogP contribution in [0, 0.1) is 0 Å². The Labute approximate surface area is 239 Å². The van der Waals surface area contributed by atoms with Crippen LogP contribution in [0.15, 0.2) is 42.6 Å². The number of carboxylic acid groups (broad SMARTS) is 2. The van der Waals surface area contributed by atoms with Crippen LogP contribution in [0.1, 0.15) is 102 Å². The van der Waals surface area contributed by atoms with Gasteiger partial charge in [-0.2, -0.15) is 0 Å². The molecule has 1 atom stereocenters. The number of carbonyl (C=O) groups is 2. The summed E-state index contributed by atoms with van der Waals surface area (Å²) in [5, 5.41) is 20.0. The van der Waals surface area contributed by atoms with Gasteiger partial charge in [-0.05, 0) is 50.2 Å². The molecule has 1 heterocycles. The number of hydrogen-bond acceptors (Lipinski definition) is 4. The molecule has 1 aromatic heterocycles. The number of benzene rings is 1. The molecule has 0 bridgehead atoms. The molecule has 196 valence electrons. The Morgan fingerprint density at radius 2 is 1.50 bits per heavy atom. The monoisotopic (exact) mass is 508 g/mol. The summed E-state index contributed by atoms with van der Waals surface area (Å²) in [6, 6.07) is 6.91. The molecular formula is C29H45N2NaO4. The van der Waals surface area contributed by atoms with Gasteiger partial charge >= 0.3 is 35.5 Å². The molecule has 7 heteroatoms. The van der Waals surface area contributed by atoms with Crippen molar-refractivity contribution >= 4 is 22.8 Å². The van der Waals surface area contributed by atoms with Crippen molar-refractivity contribution in [3.8, 4) is 0 Å². The van der Waals surface area contributed by atoms with E-state index < -0.39 is 18.0 Å². The fourth-order valence-electron chi connectivity index (χ4n) is 3.96. The standard InChI is InChI=1S/C18H34O2.C11H12N2O2.Na/c1-2-3-4-5-6-7-8-9-10-11-12-13-14-15-16-17-18(19)20;12-9(11(14)15)5-7-6-13-10-4-2-1-3-8(7)10;/h9-10H,2-8,11-17H2,1H3,(H,19,20);1-4,6,9,13H,5,12H2,(H,14,15);/q;;+1/p-1/b10-9-;;. The maximum atomic E-state index is 10.6. The van der Waals surface area contributed by atoms with Crippen LogP contribution in [0.4, 0.5) is 0 Å². The van der Waals surface area contributed by atoms with Crippen LogP contribution in [0.2, 0.25) is 0 Å². The quantitative estimate of drug-likeness (QED) is 0.163. The van der Waals surface area contributed by atoms with Crippen LogP contribution in [0.25, 0.3) is 10.9 Å². The number of rotatable bonds is 18. The Balaban J connectivity index is 0.000000682. The molecular weight excluding hydrogens is 463 g/mol. The van der Waals surface area contributed by atoms with Gasteiger partial charge in [0.15, 0.2) is 0 Å². The number of fused-ring (bicyclic) bond motifs is 1. The van der Waals surface area contributed by atoms with E-state index in [1.807, 2.05) is 30.5 Å². The summed E-state index contributed by atoms with van der Waals surface area (Å²) >= 11 is 0. The fourth-order valence-corrected chi connectivity index (χ4v) is 3.96. The smallest absolute Gasteiger partial charge is 0.550 e. The van der Waals surface area contributed by atoms with Crippen LogP contribution in [0.3, 0.4) is 0 Å². The summed E-state index contributed by atoms with van der Waals surface area (Å²) in [4.78, 5) is 23.9. The second-order valence-electron chi connectivity index (χ2n) is 9.21. The number of hydrogen-bond donors (Lipinski definition) is 3. The molecule has 0 spiro atoms. The van der Waals surface area contributed by atoms with Crippen molar-refractivity contribution in [2.45, 2.75) is 109 Å². The first-order valence-electron chi connectivity index (χ1n) is 13.3. The minimum Gasteiger partial charge on any atom is -0.550 e. The zero-order valence-electron chi connectivity index (χ0n) is 22.5. The van der Waals surface area contributed by atoms with Crippen molar-refractivity contribution in [3.05, 3.63) is 48.2 Å². The summed E-state index contributed by atoms with van der Waals surface area (Å²) in [5.41, 5.74) is 7.43. The van der Waals surface area contributed by atoms with E-state index in [1.54, 1.807) is 0 Å². The number of aromatic amines is 1. The number of aromatic nitrogens is 1. The van der Waals surface area contributed by atoms with Gasteiger partial charge in [0.05, 0.1) is 0 Å². The van der Waals surface area contributed by atoms with Gasteiger partial charge in [-0.3, -0.25) is 4.79 Å². The van der Waals surface area contributed by atoms with Crippen molar-refractivity contribution in [1.82, 2.24) is 4.98 Å². The van der Waals surface area contributed by atoms with E-state index in [-0.39, 0.29) is 36.0 Å². The molecule has 0 aliphatic rings. The molecule has 2 rings (SSSR count). The van der Waals surface area contributed by atoms with Crippen LogP contribution in [-0.4, -0.2) is 28.1 Å². The van der Waals surface area contributed by atoms with Crippen LogP contribution >= 0.6 is 0 Å². The van der Waals surface area contributed by atoms with Gasteiger partial charge < -0.3 is 25.7 Å². The number of nitrogens with one attached hydrogen (secondary N) is 1. The molecule has 0 radical (unpaired) electrons. The number of carbonyl (C=O) groups excluding carboxylic acids is 1. The Bertz CT molecular complexity index is 866. The molecule has 36 heavy (non-hydrogen) atoms. The largest absolute Gasteiger partial charge is 1.00 e. The van der Waals surface area contributed by atoms with E-state index in [0.717, 1.165) is 35.7 Å². The van der Waals surface area contributed by atoms with Crippen LogP contribution < -0.4 is 40.4 Å². The third-order valence-corrected chi connectivity index (χ3v) is 6.07. The predicted octanol–water partition coefficient (Wildman–Crippen LogP) is 2.90. The number of nitrogens with two attached hydrogens (primary N) is 1. The van der Waals surface area contributed by atoms with Gasteiger partial charge in [-0.1, -0.05) is 88.6 Å². The number of carboxylic acids is 2. The average Bonchev–Trinajstić information content (AvgIpc) is 3.24. The van der Waals surface area contributed by atoms with E-state index in [9.17, 15) is 14.7 Å². The third kappa shape index (κ3) is 17.0. The first-order valence-corrected chi connectivity index (χ1v) is 13.3. The van der Waals surface area contributed by atoms with Gasteiger partial charge in [0.2, 0.25) is 0 Å². The second-order valence-corrected chi connectivity index (χ2v) is 9.21. The van der Waals surface area contributed by atoms with Crippen molar-refractivity contribution in [2.24, 2.45) is 5.73 Å². The van der Waals surface area contributed by atoms with Crippen LogP contribution in [-0.2, 0) is 16.0 Å². The van der Waals surface area contributed by atoms with Crippen molar-refractivity contribution in [1.29, 1.82) is 0 Å². The Morgan fingerprint density at radius 1 is 0.944 bits per heavy atom. The minimum atomic E-state index is -0.972. The summed E-state index contributed by atoms with van der Waals surface area (Å²) in [7, 11) is 0. The van der Waals surface area contributed by atoms with Crippen molar-refractivity contribution in [2.75, 3.05) is 0 Å². The maximum absolute atomic E-state index is 10.6. The van der Waals surface area contributed by atoms with Crippen molar-refractivity contribution in [3.63, 3.8) is 0 Å². The molecule has 1 aromatic carbocycles. The summed E-state index contributed by atoms with van der Waals surface area (Å²) < 4.78 is 0. The molecule has 4 N–H and O–H groups in total. The SMILES string of the molecule is CCCCCCCC/C=C\CCCCCCCC(=O)[O-].NC(Cc1c[nH]c2ccccc12)C(=O)O.[Na+]. The van der Waals surface area contributed by atoms with Gasteiger partial charge in [-0.25, -0.2) is 0 Å². The van der Waals surface area contributed by atoms with E-state index in [0.29, 0.717) is 6.42 Å². The van der Waals surface area contributed by atoms with Gasteiger partial charge in [0.25, 0.3) is 0 Å². The van der Waals surface area contributed by atoms with E-state index in [2.05, 4.69) is 24.1 Å². The normalized spacial score (nSPS) is 11.6. The Morgan fingerprint density at radius 3 is 2.08 bits per heavy atom. The average molecular weight is 509 g/mol. The summed E-state index contributed by atoms with van der Waals surface area (Å²) in [6.45, 7) is 2.26. The Kier molecular flexibility index (Phi) is 21.6. The molecule has 0 aliphatic heterocycles. The first kappa shape index (κ1) is 34.4. The summed E-state index contributed by atoms with van der Waals surface area (Å²) in [6.07, 6.45) is 23.1. The van der Waals surface area contributed by atoms with Gasteiger partial charge in [0.1, 0.15) is 6.04 Å². The van der Waals surface area contributed by atoms with E-state index in [4.69, 9.17) is 10.8 Å². The molecule has 2 aromatic rings. The molecule has 6 nitrogen and oxygen atoms in total. The van der Waals surface area contributed by atoms with Gasteiger partial charge in [0, 0.05) is 29.5 Å². The number of para-hydroxylation sites is 1. The van der Waals surface area contributed by atoms with Crippen molar-refractivity contribution < 1.29 is 49.4 Å². The molecule has 0 fully saturated rings. The van der Waals surface area contributed by atoms with Gasteiger partial charge in [-0.15, -0.1) is 0 Å². The second kappa shape index (κ2) is 22.6. The third-order valence-electron chi connectivity index (χ3n) is 6.07. The zero-order chi connectivity index (χ0) is 25.7.